The Morgan fingerprint density at radius 3 is 2.33 bits per heavy atom. The van der Waals surface area contributed by atoms with E-state index in [-0.39, 0.29) is 0 Å². The van der Waals surface area contributed by atoms with E-state index in [1.165, 1.54) is 6.21 Å². The molecule has 2 rings (SSSR count). The molecule has 1 N–H and O–H groups in total. The first-order valence-electron chi connectivity index (χ1n) is 6.49. The number of methoxy groups -OCH3 is 1. The van der Waals surface area contributed by atoms with Crippen molar-refractivity contribution in [2.75, 3.05) is 20.3 Å². The molecule has 0 aromatic heterocycles. The second-order valence-electron chi connectivity index (χ2n) is 4.15. The van der Waals surface area contributed by atoms with Crippen LogP contribution in [0.4, 0.5) is 0 Å². The molecule has 0 bridgehead atoms. The van der Waals surface area contributed by atoms with Gasteiger partial charge in [-0.05, 0) is 36.4 Å². The Morgan fingerprint density at radius 1 is 0.952 bits per heavy atom. The van der Waals surface area contributed by atoms with E-state index in [2.05, 4.69) is 5.16 Å². The van der Waals surface area contributed by atoms with E-state index >= 15 is 0 Å². The van der Waals surface area contributed by atoms with Gasteiger partial charge in [-0.1, -0.05) is 17.3 Å². The summed E-state index contributed by atoms with van der Waals surface area (Å²) < 4.78 is 16.2. The summed E-state index contributed by atoms with van der Waals surface area (Å²) in [5, 5.41) is 11.6. The predicted molar refractivity (Wildman–Crippen MR) is 79.8 cm³/mol. The Bertz CT molecular complexity index is 581. The maximum Gasteiger partial charge on any atom is 0.128 e. The lowest BCUT2D eigenvalue weighted by molar-refractivity contribution is 0.216. The second kappa shape index (κ2) is 7.79. The molecule has 0 unspecified atom stereocenters. The van der Waals surface area contributed by atoms with Crippen LogP contribution in [0.1, 0.15) is 5.56 Å². The fourth-order valence-electron chi connectivity index (χ4n) is 1.76. The van der Waals surface area contributed by atoms with Gasteiger partial charge in [0.05, 0.1) is 13.3 Å². The van der Waals surface area contributed by atoms with Gasteiger partial charge in [0.1, 0.15) is 30.5 Å². The van der Waals surface area contributed by atoms with Gasteiger partial charge in [0.15, 0.2) is 0 Å². The van der Waals surface area contributed by atoms with Crippen LogP contribution in [-0.4, -0.2) is 31.7 Å². The van der Waals surface area contributed by atoms with E-state index in [0.29, 0.717) is 24.5 Å². The standard InChI is InChI=1S/C16H17NO4/c1-19-14-6-8-15(9-7-14)20-10-11-21-16-5-3-2-4-13(16)12-17-18/h2-9,12,18H,10-11H2,1H3. The maximum absolute atomic E-state index is 8.59. The summed E-state index contributed by atoms with van der Waals surface area (Å²) in [4.78, 5) is 0. The van der Waals surface area contributed by atoms with Gasteiger partial charge in [0, 0.05) is 5.56 Å². The number of para-hydroxylation sites is 1. The summed E-state index contributed by atoms with van der Waals surface area (Å²) in [7, 11) is 1.62. The highest BCUT2D eigenvalue weighted by Gasteiger charge is 2.01. The van der Waals surface area contributed by atoms with Crippen LogP contribution in [0.5, 0.6) is 17.2 Å². The Kier molecular flexibility index (Phi) is 5.46. The molecule has 2 aromatic carbocycles. The fraction of sp³-hybridized carbons (Fsp3) is 0.188. The number of nitrogens with zero attached hydrogens (tertiary/aromatic N) is 1. The summed E-state index contributed by atoms with van der Waals surface area (Å²) in [5.74, 6) is 2.19. The van der Waals surface area contributed by atoms with Crippen LogP contribution in [0, 0.1) is 0 Å². The van der Waals surface area contributed by atoms with E-state index in [4.69, 9.17) is 19.4 Å². The molecule has 0 atom stereocenters. The highest BCUT2D eigenvalue weighted by molar-refractivity contribution is 5.82. The van der Waals surface area contributed by atoms with Gasteiger partial charge in [0.2, 0.25) is 0 Å². The SMILES string of the molecule is COc1ccc(OCCOc2ccccc2C=NO)cc1. The predicted octanol–water partition coefficient (Wildman–Crippen LogP) is 2.96. The van der Waals surface area contributed by atoms with E-state index in [0.717, 1.165) is 11.5 Å². The Hall–Kier alpha value is -2.69. The summed E-state index contributed by atoms with van der Waals surface area (Å²) in [6.07, 6.45) is 1.33. The molecule has 0 amide bonds. The third-order valence-corrected chi connectivity index (χ3v) is 2.78. The largest absolute Gasteiger partial charge is 0.497 e. The number of rotatable bonds is 7. The number of ether oxygens (including phenoxy) is 3. The Morgan fingerprint density at radius 2 is 1.62 bits per heavy atom. The molecule has 0 aliphatic heterocycles. The first-order chi connectivity index (χ1) is 10.3. The van der Waals surface area contributed by atoms with Gasteiger partial charge in [0.25, 0.3) is 0 Å². The van der Waals surface area contributed by atoms with Crippen molar-refractivity contribution in [3.63, 3.8) is 0 Å². The van der Waals surface area contributed by atoms with Crippen molar-refractivity contribution >= 4 is 6.21 Å². The summed E-state index contributed by atoms with van der Waals surface area (Å²) in [6.45, 7) is 0.805. The van der Waals surface area contributed by atoms with Crippen molar-refractivity contribution < 1.29 is 19.4 Å². The molecule has 110 valence electrons. The molecule has 0 aliphatic carbocycles. The number of benzene rings is 2. The zero-order valence-electron chi connectivity index (χ0n) is 11.7. The summed E-state index contributed by atoms with van der Waals surface area (Å²) in [5.41, 5.74) is 0.712. The van der Waals surface area contributed by atoms with E-state index in [1.807, 2.05) is 42.5 Å². The Balaban J connectivity index is 1.81. The third-order valence-electron chi connectivity index (χ3n) is 2.78. The number of hydrogen-bond acceptors (Lipinski definition) is 5. The van der Waals surface area contributed by atoms with Crippen molar-refractivity contribution in [3.05, 3.63) is 54.1 Å². The lowest BCUT2D eigenvalue weighted by Gasteiger charge is -2.10. The van der Waals surface area contributed by atoms with Gasteiger partial charge in [-0.15, -0.1) is 0 Å². The van der Waals surface area contributed by atoms with Crippen LogP contribution < -0.4 is 14.2 Å². The van der Waals surface area contributed by atoms with Gasteiger partial charge in [-0.3, -0.25) is 0 Å². The van der Waals surface area contributed by atoms with Crippen LogP contribution in [0.3, 0.4) is 0 Å². The highest BCUT2D eigenvalue weighted by atomic mass is 16.5. The number of oxime groups is 1. The molecule has 0 radical (unpaired) electrons. The first kappa shape index (κ1) is 14.7. The van der Waals surface area contributed by atoms with Crippen molar-refractivity contribution in [1.82, 2.24) is 0 Å². The molecule has 5 nitrogen and oxygen atoms in total. The molecule has 21 heavy (non-hydrogen) atoms. The molecule has 2 aromatic rings. The monoisotopic (exact) mass is 287 g/mol. The lowest BCUT2D eigenvalue weighted by Crippen LogP contribution is -2.09. The van der Waals surface area contributed by atoms with Gasteiger partial charge < -0.3 is 19.4 Å². The van der Waals surface area contributed by atoms with Crippen molar-refractivity contribution in [2.45, 2.75) is 0 Å². The first-order valence-corrected chi connectivity index (χ1v) is 6.49. The van der Waals surface area contributed by atoms with Crippen LogP contribution in [0.25, 0.3) is 0 Å². The van der Waals surface area contributed by atoms with Gasteiger partial charge >= 0.3 is 0 Å². The number of hydrogen-bond donors (Lipinski definition) is 1. The fourth-order valence-corrected chi connectivity index (χ4v) is 1.76. The zero-order valence-corrected chi connectivity index (χ0v) is 11.7. The van der Waals surface area contributed by atoms with Gasteiger partial charge in [-0.2, -0.15) is 0 Å². The molecule has 0 spiro atoms. The van der Waals surface area contributed by atoms with E-state index in [1.54, 1.807) is 13.2 Å². The van der Waals surface area contributed by atoms with E-state index < -0.39 is 0 Å². The summed E-state index contributed by atoms with van der Waals surface area (Å²) in [6, 6.07) is 14.7. The van der Waals surface area contributed by atoms with Crippen molar-refractivity contribution in [2.24, 2.45) is 5.16 Å². The third kappa shape index (κ3) is 4.42. The second-order valence-corrected chi connectivity index (χ2v) is 4.15. The minimum Gasteiger partial charge on any atom is -0.497 e. The lowest BCUT2D eigenvalue weighted by atomic mass is 10.2. The van der Waals surface area contributed by atoms with Crippen LogP contribution in [0.2, 0.25) is 0 Å². The minimum atomic E-state index is 0.391. The molecular formula is C16H17NO4. The zero-order chi connectivity index (χ0) is 14.9. The highest BCUT2D eigenvalue weighted by Crippen LogP contribution is 2.18. The average Bonchev–Trinajstić information content (AvgIpc) is 2.54. The van der Waals surface area contributed by atoms with Gasteiger partial charge in [-0.25, -0.2) is 0 Å². The maximum atomic E-state index is 8.59. The van der Waals surface area contributed by atoms with Crippen molar-refractivity contribution in [3.8, 4) is 17.2 Å². The smallest absolute Gasteiger partial charge is 0.128 e. The topological polar surface area (TPSA) is 60.3 Å². The molecule has 0 fully saturated rings. The Labute approximate surface area is 123 Å². The average molecular weight is 287 g/mol. The molecular weight excluding hydrogens is 270 g/mol. The molecule has 0 saturated carbocycles. The van der Waals surface area contributed by atoms with Crippen LogP contribution >= 0.6 is 0 Å². The molecule has 5 heteroatoms. The van der Waals surface area contributed by atoms with Crippen molar-refractivity contribution in [1.29, 1.82) is 0 Å². The molecule has 0 aliphatic rings. The van der Waals surface area contributed by atoms with Crippen LogP contribution in [0.15, 0.2) is 53.7 Å². The summed E-state index contributed by atoms with van der Waals surface area (Å²) >= 11 is 0. The minimum absolute atomic E-state index is 0.391. The normalized spacial score (nSPS) is 10.5. The molecule has 0 heterocycles. The molecule has 0 saturated heterocycles. The van der Waals surface area contributed by atoms with E-state index in [9.17, 15) is 0 Å². The quantitative estimate of drug-likeness (QED) is 0.368. The van der Waals surface area contributed by atoms with Crippen LogP contribution in [-0.2, 0) is 0 Å².